The third-order valence-electron chi connectivity index (χ3n) is 3.11. The molecule has 5 heteroatoms. The Hall–Kier alpha value is -0.430. The SMILES string of the molecule is Cc1ncn(CCCC2CCCO2)c(=O)c1I. The standard InChI is InChI=1S/C12H17IN2O2/c1-9-11(13)12(16)15(8-14-9)6-2-4-10-5-3-7-17-10/h8,10H,2-7H2,1H3. The summed E-state index contributed by atoms with van der Waals surface area (Å²) in [6.07, 6.45) is 6.41. The van der Waals surface area contributed by atoms with Gasteiger partial charge in [0.1, 0.15) is 0 Å². The molecule has 1 unspecified atom stereocenters. The maximum Gasteiger partial charge on any atom is 0.266 e. The molecule has 0 aliphatic carbocycles. The van der Waals surface area contributed by atoms with Gasteiger partial charge in [-0.1, -0.05) is 0 Å². The van der Waals surface area contributed by atoms with E-state index >= 15 is 0 Å². The first-order valence-electron chi connectivity index (χ1n) is 6.01. The molecular formula is C12H17IN2O2. The van der Waals surface area contributed by atoms with E-state index in [1.54, 1.807) is 10.9 Å². The summed E-state index contributed by atoms with van der Waals surface area (Å²) in [7, 11) is 0. The average molecular weight is 348 g/mol. The molecule has 1 aromatic heterocycles. The fourth-order valence-corrected chi connectivity index (χ4v) is 2.52. The second-order valence-electron chi connectivity index (χ2n) is 4.42. The molecule has 1 saturated heterocycles. The van der Waals surface area contributed by atoms with Gasteiger partial charge >= 0.3 is 0 Å². The van der Waals surface area contributed by atoms with Crippen molar-refractivity contribution in [3.05, 3.63) is 25.9 Å². The van der Waals surface area contributed by atoms with Crippen LogP contribution in [0.1, 0.15) is 31.4 Å². The maximum absolute atomic E-state index is 11.9. The van der Waals surface area contributed by atoms with E-state index in [1.807, 2.05) is 6.92 Å². The van der Waals surface area contributed by atoms with Crippen LogP contribution in [0.15, 0.2) is 11.1 Å². The zero-order chi connectivity index (χ0) is 12.3. The monoisotopic (exact) mass is 348 g/mol. The molecular weight excluding hydrogens is 331 g/mol. The Labute approximate surface area is 115 Å². The minimum absolute atomic E-state index is 0.0745. The Morgan fingerprint density at radius 3 is 3.18 bits per heavy atom. The summed E-state index contributed by atoms with van der Waals surface area (Å²) in [6, 6.07) is 0. The predicted molar refractivity (Wildman–Crippen MR) is 74.2 cm³/mol. The van der Waals surface area contributed by atoms with Crippen LogP contribution in [0.3, 0.4) is 0 Å². The van der Waals surface area contributed by atoms with E-state index in [1.165, 1.54) is 12.8 Å². The summed E-state index contributed by atoms with van der Waals surface area (Å²) in [5.74, 6) is 0. The van der Waals surface area contributed by atoms with Crippen LogP contribution in [0.25, 0.3) is 0 Å². The van der Waals surface area contributed by atoms with E-state index in [9.17, 15) is 4.79 Å². The molecule has 4 nitrogen and oxygen atoms in total. The largest absolute Gasteiger partial charge is 0.378 e. The van der Waals surface area contributed by atoms with Gasteiger partial charge in [0.05, 0.1) is 21.7 Å². The molecule has 1 aliphatic rings. The van der Waals surface area contributed by atoms with Crippen molar-refractivity contribution in [1.82, 2.24) is 9.55 Å². The van der Waals surface area contributed by atoms with Gasteiger partial charge in [-0.15, -0.1) is 0 Å². The normalized spacial score (nSPS) is 19.8. The van der Waals surface area contributed by atoms with Crippen LogP contribution in [0.5, 0.6) is 0 Å². The van der Waals surface area contributed by atoms with E-state index in [4.69, 9.17) is 4.74 Å². The summed E-state index contributed by atoms with van der Waals surface area (Å²) in [5.41, 5.74) is 0.886. The minimum atomic E-state index is 0.0745. The quantitative estimate of drug-likeness (QED) is 0.783. The van der Waals surface area contributed by atoms with Gasteiger partial charge in [-0.25, -0.2) is 4.98 Å². The van der Waals surface area contributed by atoms with Crippen LogP contribution < -0.4 is 5.56 Å². The minimum Gasteiger partial charge on any atom is -0.378 e. The highest BCUT2D eigenvalue weighted by Crippen LogP contribution is 2.16. The first-order chi connectivity index (χ1) is 8.18. The fourth-order valence-electron chi connectivity index (χ4n) is 2.07. The zero-order valence-corrected chi connectivity index (χ0v) is 12.1. The number of hydrogen-bond donors (Lipinski definition) is 0. The lowest BCUT2D eigenvalue weighted by Crippen LogP contribution is -2.24. The van der Waals surface area contributed by atoms with Crippen molar-refractivity contribution in [2.75, 3.05) is 6.61 Å². The highest BCUT2D eigenvalue weighted by atomic mass is 127. The molecule has 1 atom stereocenters. The fraction of sp³-hybridized carbons (Fsp3) is 0.667. The lowest BCUT2D eigenvalue weighted by Gasteiger charge is -2.10. The van der Waals surface area contributed by atoms with Gasteiger partial charge in [0.15, 0.2) is 0 Å². The number of aryl methyl sites for hydroxylation is 2. The smallest absolute Gasteiger partial charge is 0.266 e. The van der Waals surface area contributed by atoms with E-state index in [0.29, 0.717) is 6.10 Å². The third-order valence-corrected chi connectivity index (χ3v) is 4.35. The van der Waals surface area contributed by atoms with Crippen molar-refractivity contribution in [3.8, 4) is 0 Å². The van der Waals surface area contributed by atoms with Gasteiger partial charge in [0, 0.05) is 13.2 Å². The molecule has 94 valence electrons. The Kier molecular flexibility index (Phi) is 4.55. The summed E-state index contributed by atoms with van der Waals surface area (Å²) >= 11 is 2.06. The Morgan fingerprint density at radius 1 is 1.65 bits per heavy atom. The van der Waals surface area contributed by atoms with E-state index in [0.717, 1.165) is 35.3 Å². The summed E-state index contributed by atoms with van der Waals surface area (Å²) in [4.78, 5) is 16.1. The predicted octanol–water partition coefficient (Wildman–Crippen LogP) is 2.12. The molecule has 2 rings (SSSR count). The molecule has 0 saturated carbocycles. The van der Waals surface area contributed by atoms with Crippen LogP contribution in [-0.2, 0) is 11.3 Å². The molecule has 1 aromatic rings. The lowest BCUT2D eigenvalue weighted by molar-refractivity contribution is 0.101. The van der Waals surface area contributed by atoms with Gasteiger partial charge in [0.2, 0.25) is 0 Å². The van der Waals surface area contributed by atoms with Crippen molar-refractivity contribution in [2.24, 2.45) is 0 Å². The molecule has 0 spiro atoms. The zero-order valence-electron chi connectivity index (χ0n) is 9.99. The van der Waals surface area contributed by atoms with Gasteiger partial charge < -0.3 is 4.74 Å². The summed E-state index contributed by atoms with van der Waals surface area (Å²) < 4.78 is 7.98. The Bertz CT molecular complexity index is 439. The molecule has 1 aliphatic heterocycles. The van der Waals surface area contributed by atoms with Crippen molar-refractivity contribution >= 4 is 22.6 Å². The number of aromatic nitrogens is 2. The Balaban J connectivity index is 1.90. The number of halogens is 1. The second-order valence-corrected chi connectivity index (χ2v) is 5.50. The van der Waals surface area contributed by atoms with Gasteiger partial charge in [-0.3, -0.25) is 9.36 Å². The number of rotatable bonds is 4. The molecule has 0 N–H and O–H groups in total. The highest BCUT2D eigenvalue weighted by Gasteiger charge is 2.14. The molecule has 0 aromatic carbocycles. The van der Waals surface area contributed by atoms with E-state index in [2.05, 4.69) is 27.6 Å². The second kappa shape index (κ2) is 5.95. The first kappa shape index (κ1) is 13.0. The first-order valence-corrected chi connectivity index (χ1v) is 7.09. The third kappa shape index (κ3) is 3.28. The molecule has 0 bridgehead atoms. The lowest BCUT2D eigenvalue weighted by atomic mass is 10.1. The van der Waals surface area contributed by atoms with Gasteiger partial charge in [-0.05, 0) is 55.2 Å². The van der Waals surface area contributed by atoms with Gasteiger partial charge in [-0.2, -0.15) is 0 Å². The van der Waals surface area contributed by atoms with Crippen LogP contribution in [0.2, 0.25) is 0 Å². The van der Waals surface area contributed by atoms with Crippen molar-refractivity contribution in [3.63, 3.8) is 0 Å². The molecule has 17 heavy (non-hydrogen) atoms. The average Bonchev–Trinajstić information content (AvgIpc) is 2.82. The Morgan fingerprint density at radius 2 is 2.47 bits per heavy atom. The molecule has 2 heterocycles. The van der Waals surface area contributed by atoms with Crippen LogP contribution in [0.4, 0.5) is 0 Å². The van der Waals surface area contributed by atoms with Crippen LogP contribution in [-0.4, -0.2) is 22.3 Å². The highest BCUT2D eigenvalue weighted by molar-refractivity contribution is 14.1. The van der Waals surface area contributed by atoms with Crippen LogP contribution in [0, 0.1) is 10.5 Å². The number of nitrogens with zero attached hydrogens (tertiary/aromatic N) is 2. The van der Waals surface area contributed by atoms with Gasteiger partial charge in [0.25, 0.3) is 5.56 Å². The number of hydrogen-bond acceptors (Lipinski definition) is 3. The van der Waals surface area contributed by atoms with Crippen molar-refractivity contribution in [1.29, 1.82) is 0 Å². The summed E-state index contributed by atoms with van der Waals surface area (Å²) in [5, 5.41) is 0. The molecule has 0 radical (unpaired) electrons. The van der Waals surface area contributed by atoms with E-state index in [-0.39, 0.29) is 5.56 Å². The molecule has 0 amide bonds. The summed E-state index contributed by atoms with van der Waals surface area (Å²) in [6.45, 7) is 3.50. The molecule has 1 fully saturated rings. The number of ether oxygens (including phenoxy) is 1. The van der Waals surface area contributed by atoms with Crippen LogP contribution >= 0.6 is 22.6 Å². The van der Waals surface area contributed by atoms with Crippen molar-refractivity contribution < 1.29 is 4.74 Å². The van der Waals surface area contributed by atoms with E-state index < -0.39 is 0 Å². The topological polar surface area (TPSA) is 44.1 Å². The van der Waals surface area contributed by atoms with Crippen molar-refractivity contribution in [2.45, 2.75) is 45.3 Å². The maximum atomic E-state index is 11.9.